The van der Waals surface area contributed by atoms with Crippen molar-refractivity contribution in [1.82, 2.24) is 5.32 Å². The van der Waals surface area contributed by atoms with E-state index in [1.54, 1.807) is 19.2 Å². The van der Waals surface area contributed by atoms with Gasteiger partial charge in [-0.05, 0) is 35.4 Å². The summed E-state index contributed by atoms with van der Waals surface area (Å²) in [4.78, 5) is 12.0. The summed E-state index contributed by atoms with van der Waals surface area (Å²) in [5, 5.41) is 2.82. The Labute approximate surface area is 150 Å². The number of hydrogen-bond donors (Lipinski definition) is 1. The van der Waals surface area contributed by atoms with Gasteiger partial charge in [0.15, 0.2) is 0 Å². The normalized spacial score (nSPS) is 10.6. The maximum atomic E-state index is 12.1. The molecule has 1 amide bonds. The maximum absolute atomic E-state index is 12.1. The van der Waals surface area contributed by atoms with E-state index in [0.717, 1.165) is 11.3 Å². The van der Waals surface area contributed by atoms with Crippen molar-refractivity contribution in [2.75, 3.05) is 20.3 Å². The van der Waals surface area contributed by atoms with Crippen LogP contribution in [0.25, 0.3) is 0 Å². The Morgan fingerprint density at radius 2 is 1.58 bits per heavy atom. The summed E-state index contributed by atoms with van der Waals surface area (Å²) in [5.74, 6) is 0.646. The molecule has 0 unspecified atom stereocenters. The van der Waals surface area contributed by atoms with Crippen LogP contribution >= 0.6 is 0 Å². The zero-order valence-corrected chi connectivity index (χ0v) is 14.4. The molecule has 0 aliphatic heterocycles. The van der Waals surface area contributed by atoms with E-state index in [0.29, 0.717) is 25.3 Å². The zero-order valence-electron chi connectivity index (χ0n) is 14.4. The lowest BCUT2D eigenvalue weighted by Crippen LogP contribution is -2.24. The summed E-state index contributed by atoms with van der Waals surface area (Å²) in [6.07, 6.45) is 0.160. The molecule has 0 spiro atoms. The summed E-state index contributed by atoms with van der Waals surface area (Å²) in [6, 6.07) is 13.4. The highest BCUT2D eigenvalue weighted by Gasteiger charge is 2.06. The second-order valence-electron chi connectivity index (χ2n) is 5.46. The predicted molar refractivity (Wildman–Crippen MR) is 92.4 cm³/mol. The number of hydrogen-bond acceptors (Lipinski definition) is 4. The van der Waals surface area contributed by atoms with Gasteiger partial charge in [-0.1, -0.05) is 24.3 Å². The molecule has 7 heteroatoms. The molecule has 0 radical (unpaired) electrons. The van der Waals surface area contributed by atoms with Crippen molar-refractivity contribution in [1.29, 1.82) is 0 Å². The van der Waals surface area contributed by atoms with Crippen molar-refractivity contribution in [3.8, 4) is 11.5 Å². The first kappa shape index (κ1) is 19.7. The number of halogens is 2. The standard InChI is InChI=1S/C19H21F2NO4/c1-24-10-11-25-16-6-4-15(5-7-16)13-22-18(23)12-14-2-8-17(9-3-14)26-19(20)21/h2-9,19H,10-13H2,1H3,(H,22,23). The molecule has 0 heterocycles. The Balaban J connectivity index is 1.75. The number of alkyl halides is 2. The Morgan fingerprint density at radius 3 is 2.19 bits per heavy atom. The maximum Gasteiger partial charge on any atom is 0.387 e. The van der Waals surface area contributed by atoms with Gasteiger partial charge >= 0.3 is 6.61 Å². The molecule has 0 aromatic heterocycles. The van der Waals surface area contributed by atoms with Crippen LogP contribution in [0.1, 0.15) is 11.1 Å². The van der Waals surface area contributed by atoms with Crippen LogP contribution in [0.5, 0.6) is 11.5 Å². The first-order valence-corrected chi connectivity index (χ1v) is 8.08. The SMILES string of the molecule is COCCOc1ccc(CNC(=O)Cc2ccc(OC(F)F)cc2)cc1. The minimum absolute atomic E-state index is 0.0666. The minimum atomic E-state index is -2.86. The molecule has 1 N–H and O–H groups in total. The van der Waals surface area contributed by atoms with Crippen molar-refractivity contribution in [3.63, 3.8) is 0 Å². The fraction of sp³-hybridized carbons (Fsp3) is 0.316. The summed E-state index contributed by atoms with van der Waals surface area (Å²) in [5.41, 5.74) is 1.66. The van der Waals surface area contributed by atoms with Crippen molar-refractivity contribution < 1.29 is 27.8 Å². The van der Waals surface area contributed by atoms with Crippen LogP contribution in [0.2, 0.25) is 0 Å². The van der Waals surface area contributed by atoms with Gasteiger partial charge in [0.2, 0.25) is 5.91 Å². The lowest BCUT2D eigenvalue weighted by Gasteiger charge is -2.09. The van der Waals surface area contributed by atoms with Crippen molar-refractivity contribution in [3.05, 3.63) is 59.7 Å². The van der Waals surface area contributed by atoms with Gasteiger partial charge in [-0.25, -0.2) is 0 Å². The van der Waals surface area contributed by atoms with E-state index in [1.165, 1.54) is 12.1 Å². The highest BCUT2D eigenvalue weighted by molar-refractivity contribution is 5.78. The molecule has 2 rings (SSSR count). The van der Waals surface area contributed by atoms with Crippen LogP contribution in [-0.2, 0) is 22.5 Å². The van der Waals surface area contributed by atoms with Gasteiger partial charge in [0.1, 0.15) is 18.1 Å². The minimum Gasteiger partial charge on any atom is -0.491 e. The molecule has 26 heavy (non-hydrogen) atoms. The number of amides is 1. The van der Waals surface area contributed by atoms with Gasteiger partial charge < -0.3 is 19.5 Å². The number of methoxy groups -OCH3 is 1. The van der Waals surface area contributed by atoms with E-state index in [1.807, 2.05) is 24.3 Å². The quantitative estimate of drug-likeness (QED) is 0.657. The lowest BCUT2D eigenvalue weighted by molar-refractivity contribution is -0.120. The van der Waals surface area contributed by atoms with Crippen LogP contribution < -0.4 is 14.8 Å². The van der Waals surface area contributed by atoms with Gasteiger partial charge in [-0.3, -0.25) is 4.79 Å². The summed E-state index contributed by atoms with van der Waals surface area (Å²) in [6.45, 7) is -1.47. The molecule has 140 valence electrons. The third-order valence-corrected chi connectivity index (χ3v) is 3.48. The molecule has 0 saturated carbocycles. The summed E-state index contributed by atoms with van der Waals surface area (Å²) >= 11 is 0. The summed E-state index contributed by atoms with van der Waals surface area (Å²) in [7, 11) is 1.61. The number of carbonyl (C=O) groups excluding carboxylic acids is 1. The van der Waals surface area contributed by atoms with Crippen LogP contribution in [0.3, 0.4) is 0 Å². The van der Waals surface area contributed by atoms with E-state index in [9.17, 15) is 13.6 Å². The molecule has 0 aliphatic carbocycles. The van der Waals surface area contributed by atoms with Crippen molar-refractivity contribution in [2.24, 2.45) is 0 Å². The van der Waals surface area contributed by atoms with Crippen molar-refractivity contribution in [2.45, 2.75) is 19.6 Å². The molecule has 0 aliphatic rings. The fourth-order valence-electron chi connectivity index (χ4n) is 2.18. The Morgan fingerprint density at radius 1 is 0.962 bits per heavy atom. The molecular weight excluding hydrogens is 344 g/mol. The Kier molecular flexibility index (Phi) is 7.82. The van der Waals surface area contributed by atoms with Gasteiger partial charge in [0.05, 0.1) is 13.0 Å². The molecule has 0 saturated heterocycles. The van der Waals surface area contributed by atoms with Gasteiger partial charge in [-0.15, -0.1) is 0 Å². The van der Waals surface area contributed by atoms with E-state index in [-0.39, 0.29) is 18.1 Å². The largest absolute Gasteiger partial charge is 0.491 e. The second-order valence-corrected chi connectivity index (χ2v) is 5.46. The molecular formula is C19H21F2NO4. The third kappa shape index (κ3) is 7.06. The van der Waals surface area contributed by atoms with E-state index in [4.69, 9.17) is 9.47 Å². The Hall–Kier alpha value is -2.67. The number of nitrogens with one attached hydrogen (secondary N) is 1. The molecule has 2 aromatic rings. The third-order valence-electron chi connectivity index (χ3n) is 3.48. The fourth-order valence-corrected chi connectivity index (χ4v) is 2.18. The first-order valence-electron chi connectivity index (χ1n) is 8.08. The zero-order chi connectivity index (χ0) is 18.8. The van der Waals surface area contributed by atoms with Gasteiger partial charge in [-0.2, -0.15) is 8.78 Å². The summed E-state index contributed by atoms with van der Waals surface area (Å²) < 4.78 is 38.8. The van der Waals surface area contributed by atoms with E-state index in [2.05, 4.69) is 10.1 Å². The van der Waals surface area contributed by atoms with E-state index < -0.39 is 6.61 Å². The number of rotatable bonds is 10. The van der Waals surface area contributed by atoms with Gasteiger partial charge in [0.25, 0.3) is 0 Å². The number of carbonyl (C=O) groups is 1. The molecule has 2 aromatic carbocycles. The predicted octanol–water partition coefficient (Wildman–Crippen LogP) is 3.17. The monoisotopic (exact) mass is 365 g/mol. The molecule has 0 fully saturated rings. The highest BCUT2D eigenvalue weighted by Crippen LogP contribution is 2.15. The highest BCUT2D eigenvalue weighted by atomic mass is 19.3. The number of ether oxygens (including phenoxy) is 3. The average Bonchev–Trinajstić information content (AvgIpc) is 2.62. The topological polar surface area (TPSA) is 56.8 Å². The number of benzene rings is 2. The van der Waals surface area contributed by atoms with Crippen LogP contribution in [0.4, 0.5) is 8.78 Å². The van der Waals surface area contributed by atoms with Crippen LogP contribution in [-0.4, -0.2) is 32.8 Å². The average molecular weight is 365 g/mol. The smallest absolute Gasteiger partial charge is 0.387 e. The molecule has 0 atom stereocenters. The van der Waals surface area contributed by atoms with Crippen molar-refractivity contribution >= 4 is 5.91 Å². The molecule has 5 nitrogen and oxygen atoms in total. The van der Waals surface area contributed by atoms with Crippen LogP contribution in [0.15, 0.2) is 48.5 Å². The molecule has 0 bridgehead atoms. The van der Waals surface area contributed by atoms with Gasteiger partial charge in [0, 0.05) is 13.7 Å². The lowest BCUT2D eigenvalue weighted by atomic mass is 10.1. The Bertz CT molecular complexity index is 675. The van der Waals surface area contributed by atoms with E-state index >= 15 is 0 Å². The first-order chi connectivity index (χ1) is 12.6. The second kappa shape index (κ2) is 10.4. The van der Waals surface area contributed by atoms with Crippen LogP contribution in [0, 0.1) is 0 Å².